The highest BCUT2D eigenvalue weighted by Crippen LogP contribution is 2.21. The van der Waals surface area contributed by atoms with Crippen molar-refractivity contribution in [2.24, 2.45) is 0 Å². The molecule has 4 nitrogen and oxygen atoms in total. The van der Waals surface area contributed by atoms with Crippen LogP contribution in [0.25, 0.3) is 0 Å². The SMILES string of the molecule is Cc1cc(Cn2nnnc2CCl)sc1C. The molecule has 0 spiro atoms. The van der Waals surface area contributed by atoms with Crippen LogP contribution in [0.4, 0.5) is 0 Å². The molecule has 0 aliphatic heterocycles. The fourth-order valence-corrected chi connectivity index (χ4v) is 2.54. The molecule has 15 heavy (non-hydrogen) atoms. The van der Waals surface area contributed by atoms with Gasteiger partial charge in [-0.3, -0.25) is 0 Å². The predicted octanol–water partition coefficient (Wildman–Crippen LogP) is 2.14. The van der Waals surface area contributed by atoms with Crippen LogP contribution in [0, 0.1) is 13.8 Å². The number of thiophene rings is 1. The Morgan fingerprint density at radius 1 is 1.47 bits per heavy atom. The molecule has 0 unspecified atom stereocenters. The first-order valence-electron chi connectivity index (χ1n) is 4.57. The van der Waals surface area contributed by atoms with Gasteiger partial charge in [0.05, 0.1) is 12.4 Å². The number of alkyl halides is 1. The lowest BCUT2D eigenvalue weighted by Gasteiger charge is -1.98. The number of aromatic nitrogens is 4. The molecule has 0 bridgehead atoms. The third-order valence-corrected chi connectivity index (χ3v) is 3.62. The van der Waals surface area contributed by atoms with Crippen LogP contribution in [-0.4, -0.2) is 20.2 Å². The van der Waals surface area contributed by atoms with Crippen LogP contribution in [0.15, 0.2) is 6.07 Å². The lowest BCUT2D eigenvalue weighted by atomic mass is 10.3. The average molecular weight is 243 g/mol. The van der Waals surface area contributed by atoms with E-state index in [0.717, 1.165) is 0 Å². The molecule has 0 saturated carbocycles. The third-order valence-electron chi connectivity index (χ3n) is 2.25. The molecule has 6 heteroatoms. The molecule has 0 fully saturated rings. The Balaban J connectivity index is 2.21. The molecule has 80 valence electrons. The van der Waals surface area contributed by atoms with E-state index < -0.39 is 0 Å². The Bertz CT molecular complexity index is 443. The quantitative estimate of drug-likeness (QED) is 0.775. The van der Waals surface area contributed by atoms with Gasteiger partial charge in [0, 0.05) is 9.75 Å². The Morgan fingerprint density at radius 2 is 2.27 bits per heavy atom. The van der Waals surface area contributed by atoms with Crippen molar-refractivity contribution in [1.82, 2.24) is 20.2 Å². The molecule has 2 aromatic rings. The lowest BCUT2D eigenvalue weighted by molar-refractivity contribution is 0.636. The number of nitrogens with zero attached hydrogens (tertiary/aromatic N) is 4. The van der Waals surface area contributed by atoms with Gasteiger partial charge < -0.3 is 0 Å². The van der Waals surface area contributed by atoms with E-state index in [2.05, 4.69) is 35.4 Å². The zero-order valence-corrected chi connectivity index (χ0v) is 10.1. The molecule has 0 aliphatic rings. The van der Waals surface area contributed by atoms with E-state index >= 15 is 0 Å². The first kappa shape index (κ1) is 10.6. The Labute approximate surface area is 96.9 Å². The fraction of sp³-hybridized carbons (Fsp3) is 0.444. The summed E-state index contributed by atoms with van der Waals surface area (Å²) in [7, 11) is 0. The van der Waals surface area contributed by atoms with Crippen molar-refractivity contribution in [3.05, 3.63) is 27.2 Å². The van der Waals surface area contributed by atoms with Crippen molar-refractivity contribution in [2.45, 2.75) is 26.3 Å². The normalized spacial score (nSPS) is 10.9. The van der Waals surface area contributed by atoms with E-state index in [1.54, 1.807) is 16.0 Å². The van der Waals surface area contributed by atoms with Crippen LogP contribution in [0.3, 0.4) is 0 Å². The molecule has 0 N–H and O–H groups in total. The predicted molar refractivity (Wildman–Crippen MR) is 60.3 cm³/mol. The molecule has 0 atom stereocenters. The van der Waals surface area contributed by atoms with Gasteiger partial charge in [0.1, 0.15) is 0 Å². The van der Waals surface area contributed by atoms with Gasteiger partial charge >= 0.3 is 0 Å². The molecular weight excluding hydrogens is 232 g/mol. The second kappa shape index (κ2) is 4.28. The van der Waals surface area contributed by atoms with Crippen LogP contribution >= 0.6 is 22.9 Å². The summed E-state index contributed by atoms with van der Waals surface area (Å²) >= 11 is 7.49. The number of hydrogen-bond donors (Lipinski definition) is 0. The third kappa shape index (κ3) is 2.18. The van der Waals surface area contributed by atoms with Crippen LogP contribution in [-0.2, 0) is 12.4 Å². The average Bonchev–Trinajstić information content (AvgIpc) is 2.75. The van der Waals surface area contributed by atoms with Crippen LogP contribution in [0.2, 0.25) is 0 Å². The summed E-state index contributed by atoms with van der Waals surface area (Å²) in [5.74, 6) is 1.05. The summed E-state index contributed by atoms with van der Waals surface area (Å²) in [6.45, 7) is 4.93. The molecule has 2 aromatic heterocycles. The minimum Gasteiger partial charge on any atom is -0.223 e. The van der Waals surface area contributed by atoms with E-state index in [-0.39, 0.29) is 0 Å². The van der Waals surface area contributed by atoms with Crippen molar-refractivity contribution < 1.29 is 0 Å². The van der Waals surface area contributed by atoms with Crippen LogP contribution in [0.1, 0.15) is 21.1 Å². The Kier molecular flexibility index (Phi) is 3.02. The standard InChI is InChI=1S/C9H11ClN4S/c1-6-3-8(15-7(6)2)5-14-9(4-10)11-12-13-14/h3H,4-5H2,1-2H3. The summed E-state index contributed by atoms with van der Waals surface area (Å²) in [6, 6.07) is 2.17. The smallest absolute Gasteiger partial charge is 0.166 e. The number of aryl methyl sites for hydroxylation is 2. The molecule has 0 aliphatic carbocycles. The highest BCUT2D eigenvalue weighted by Gasteiger charge is 2.07. The number of halogens is 1. The van der Waals surface area contributed by atoms with Crippen molar-refractivity contribution in [3.8, 4) is 0 Å². The second-order valence-corrected chi connectivity index (χ2v) is 4.95. The van der Waals surface area contributed by atoms with E-state index in [1.807, 2.05) is 0 Å². The summed E-state index contributed by atoms with van der Waals surface area (Å²) in [6.07, 6.45) is 0. The van der Waals surface area contributed by atoms with E-state index in [1.165, 1.54) is 15.3 Å². The monoisotopic (exact) mass is 242 g/mol. The first-order valence-corrected chi connectivity index (χ1v) is 5.92. The highest BCUT2D eigenvalue weighted by atomic mass is 35.5. The zero-order chi connectivity index (χ0) is 10.8. The highest BCUT2D eigenvalue weighted by molar-refractivity contribution is 7.12. The maximum atomic E-state index is 5.72. The minimum absolute atomic E-state index is 0.344. The fourth-order valence-electron chi connectivity index (χ4n) is 1.32. The summed E-state index contributed by atoms with van der Waals surface area (Å²) in [5.41, 5.74) is 1.32. The molecule has 2 rings (SSSR count). The summed E-state index contributed by atoms with van der Waals surface area (Å²) in [5, 5.41) is 11.3. The molecule has 0 saturated heterocycles. The van der Waals surface area contributed by atoms with Gasteiger partial charge in [-0.05, 0) is 35.9 Å². The van der Waals surface area contributed by atoms with Gasteiger partial charge in [-0.15, -0.1) is 28.0 Å². The van der Waals surface area contributed by atoms with Gasteiger partial charge in [-0.1, -0.05) is 0 Å². The second-order valence-electron chi connectivity index (χ2n) is 3.34. The molecule has 0 radical (unpaired) electrons. The zero-order valence-electron chi connectivity index (χ0n) is 8.57. The maximum absolute atomic E-state index is 5.72. The topological polar surface area (TPSA) is 43.6 Å². The van der Waals surface area contributed by atoms with Crippen LogP contribution in [0.5, 0.6) is 0 Å². The molecule has 0 aromatic carbocycles. The van der Waals surface area contributed by atoms with Gasteiger partial charge in [0.2, 0.25) is 0 Å². The van der Waals surface area contributed by atoms with E-state index in [4.69, 9.17) is 11.6 Å². The summed E-state index contributed by atoms with van der Waals surface area (Å²) in [4.78, 5) is 2.59. The first-order chi connectivity index (χ1) is 7.20. The number of hydrogen-bond acceptors (Lipinski definition) is 4. The number of rotatable bonds is 3. The van der Waals surface area contributed by atoms with Gasteiger partial charge in [0.15, 0.2) is 5.82 Å². The van der Waals surface area contributed by atoms with Crippen molar-refractivity contribution >= 4 is 22.9 Å². The van der Waals surface area contributed by atoms with E-state index in [9.17, 15) is 0 Å². The van der Waals surface area contributed by atoms with Crippen molar-refractivity contribution in [1.29, 1.82) is 0 Å². The largest absolute Gasteiger partial charge is 0.223 e. The Morgan fingerprint density at radius 3 is 2.87 bits per heavy atom. The van der Waals surface area contributed by atoms with Crippen molar-refractivity contribution in [3.63, 3.8) is 0 Å². The molecular formula is C9H11ClN4S. The van der Waals surface area contributed by atoms with Gasteiger partial charge in [-0.25, -0.2) is 4.68 Å². The van der Waals surface area contributed by atoms with Gasteiger partial charge in [-0.2, -0.15) is 0 Å². The maximum Gasteiger partial charge on any atom is 0.166 e. The molecule has 2 heterocycles. The summed E-state index contributed by atoms with van der Waals surface area (Å²) < 4.78 is 1.73. The molecule has 0 amide bonds. The number of tetrazole rings is 1. The Hall–Kier alpha value is -0.940. The minimum atomic E-state index is 0.344. The van der Waals surface area contributed by atoms with Gasteiger partial charge in [0.25, 0.3) is 0 Å². The van der Waals surface area contributed by atoms with Crippen molar-refractivity contribution in [2.75, 3.05) is 0 Å². The lowest BCUT2D eigenvalue weighted by Crippen LogP contribution is -2.04. The van der Waals surface area contributed by atoms with E-state index in [0.29, 0.717) is 18.2 Å². The van der Waals surface area contributed by atoms with Crippen LogP contribution < -0.4 is 0 Å².